The van der Waals surface area contributed by atoms with Crippen molar-refractivity contribution >= 4 is 17.5 Å². The molecule has 30 heavy (non-hydrogen) atoms. The predicted molar refractivity (Wildman–Crippen MR) is 112 cm³/mol. The Balaban J connectivity index is 1.32. The Morgan fingerprint density at radius 3 is 2.73 bits per heavy atom. The van der Waals surface area contributed by atoms with E-state index >= 15 is 0 Å². The van der Waals surface area contributed by atoms with Crippen LogP contribution >= 0.6 is 0 Å². The molecule has 6 nitrogen and oxygen atoms in total. The van der Waals surface area contributed by atoms with Gasteiger partial charge in [-0.25, -0.2) is 9.07 Å². The van der Waals surface area contributed by atoms with Crippen LogP contribution in [0.5, 0.6) is 0 Å². The summed E-state index contributed by atoms with van der Waals surface area (Å²) < 4.78 is 15.2. The summed E-state index contributed by atoms with van der Waals surface area (Å²) in [6.07, 6.45) is 3.08. The number of aryl methyl sites for hydroxylation is 2. The molecule has 1 amide bonds. The Morgan fingerprint density at radius 1 is 1.10 bits per heavy atom. The van der Waals surface area contributed by atoms with Gasteiger partial charge in [-0.05, 0) is 37.1 Å². The molecule has 0 saturated carbocycles. The Morgan fingerprint density at radius 2 is 1.97 bits per heavy atom. The molecule has 0 aliphatic carbocycles. The van der Waals surface area contributed by atoms with Crippen molar-refractivity contribution in [2.45, 2.75) is 39.2 Å². The first-order valence-corrected chi connectivity index (χ1v) is 10.1. The molecule has 0 fully saturated rings. The van der Waals surface area contributed by atoms with E-state index in [1.54, 1.807) is 29.3 Å². The molecule has 0 bridgehead atoms. The van der Waals surface area contributed by atoms with Gasteiger partial charge in [0.05, 0.1) is 11.4 Å². The molecule has 0 N–H and O–H groups in total. The number of nitrogens with zero attached hydrogens (tertiary/aromatic N) is 4. The number of rotatable bonds is 6. The van der Waals surface area contributed by atoms with Gasteiger partial charge in [-0.15, -0.1) is 0 Å². The maximum absolute atomic E-state index is 13.4. The number of fused-ring (bicyclic) bond motifs is 1. The SMILES string of the molecule is Cc1cc2n(n1)CCCN2C(=O)CCC(=O)Cc1ccc(-c2cccc(F)c2)nc1. The van der Waals surface area contributed by atoms with Crippen LogP contribution in [0.25, 0.3) is 11.3 Å². The highest BCUT2D eigenvalue weighted by Gasteiger charge is 2.24. The summed E-state index contributed by atoms with van der Waals surface area (Å²) in [6, 6.07) is 11.7. The molecule has 4 rings (SSSR count). The summed E-state index contributed by atoms with van der Waals surface area (Å²) in [5, 5.41) is 4.40. The smallest absolute Gasteiger partial charge is 0.228 e. The van der Waals surface area contributed by atoms with Crippen molar-refractivity contribution in [2.24, 2.45) is 0 Å². The van der Waals surface area contributed by atoms with Crippen molar-refractivity contribution in [3.63, 3.8) is 0 Å². The Labute approximate surface area is 174 Å². The maximum Gasteiger partial charge on any atom is 0.228 e. The molecule has 154 valence electrons. The molecule has 0 unspecified atom stereocenters. The fourth-order valence-corrected chi connectivity index (χ4v) is 3.70. The first-order valence-electron chi connectivity index (χ1n) is 10.1. The zero-order valence-corrected chi connectivity index (χ0v) is 16.8. The minimum Gasteiger partial charge on any atom is -0.299 e. The molecule has 2 aromatic heterocycles. The van der Waals surface area contributed by atoms with Gasteiger partial charge < -0.3 is 0 Å². The maximum atomic E-state index is 13.4. The zero-order valence-electron chi connectivity index (χ0n) is 16.8. The molecular formula is C23H23FN4O2. The number of aromatic nitrogens is 3. The largest absolute Gasteiger partial charge is 0.299 e. The highest BCUT2D eigenvalue weighted by Crippen LogP contribution is 2.23. The lowest BCUT2D eigenvalue weighted by atomic mass is 10.1. The quantitative estimate of drug-likeness (QED) is 0.626. The van der Waals surface area contributed by atoms with E-state index in [1.165, 1.54) is 12.1 Å². The van der Waals surface area contributed by atoms with Crippen LogP contribution < -0.4 is 4.90 Å². The topological polar surface area (TPSA) is 68.1 Å². The van der Waals surface area contributed by atoms with Crippen molar-refractivity contribution < 1.29 is 14.0 Å². The Hall–Kier alpha value is -3.35. The number of carbonyl (C=O) groups excluding carboxylic acids is 2. The molecular weight excluding hydrogens is 383 g/mol. The molecule has 1 aliphatic heterocycles. The molecule has 0 spiro atoms. The normalized spacial score (nSPS) is 13.2. The van der Waals surface area contributed by atoms with Crippen molar-refractivity contribution in [3.05, 3.63) is 65.7 Å². The molecule has 0 saturated heterocycles. The average Bonchev–Trinajstić information content (AvgIpc) is 3.12. The summed E-state index contributed by atoms with van der Waals surface area (Å²) in [4.78, 5) is 31.1. The predicted octanol–water partition coefficient (Wildman–Crippen LogP) is 3.72. The number of benzene rings is 1. The van der Waals surface area contributed by atoms with Gasteiger partial charge in [-0.1, -0.05) is 18.2 Å². The number of carbonyl (C=O) groups is 2. The van der Waals surface area contributed by atoms with E-state index in [-0.39, 0.29) is 36.8 Å². The molecule has 1 aromatic carbocycles. The van der Waals surface area contributed by atoms with Crippen LogP contribution in [0.15, 0.2) is 48.7 Å². The van der Waals surface area contributed by atoms with Crippen molar-refractivity contribution in [3.8, 4) is 11.3 Å². The number of anilines is 1. The van der Waals surface area contributed by atoms with E-state index in [2.05, 4.69) is 10.1 Å². The standard InChI is InChI=1S/C23H23FN4O2/c1-16-12-22-27(10-3-11-28(22)26-16)23(30)9-7-20(29)13-17-6-8-21(25-15-17)18-4-2-5-19(24)14-18/h2,4-6,8,12,14-15H,3,7,9-11,13H2,1H3. The fraction of sp³-hybridized carbons (Fsp3) is 0.304. The lowest BCUT2D eigenvalue weighted by Crippen LogP contribution is -2.37. The van der Waals surface area contributed by atoms with Gasteiger partial charge in [-0.3, -0.25) is 19.5 Å². The van der Waals surface area contributed by atoms with Crippen LogP contribution in [0.4, 0.5) is 10.2 Å². The van der Waals surface area contributed by atoms with E-state index in [0.29, 0.717) is 17.8 Å². The molecule has 7 heteroatoms. The first kappa shape index (κ1) is 19.9. The molecule has 3 heterocycles. The van der Waals surface area contributed by atoms with Crippen LogP contribution in [-0.4, -0.2) is 33.0 Å². The van der Waals surface area contributed by atoms with Gasteiger partial charge in [0.25, 0.3) is 0 Å². The fourth-order valence-electron chi connectivity index (χ4n) is 3.70. The molecule has 3 aromatic rings. The summed E-state index contributed by atoms with van der Waals surface area (Å²) in [5.74, 6) is 0.438. The van der Waals surface area contributed by atoms with E-state index in [0.717, 1.165) is 30.0 Å². The summed E-state index contributed by atoms with van der Waals surface area (Å²) in [7, 11) is 0. The number of ketones is 1. The zero-order chi connectivity index (χ0) is 21.1. The number of hydrogen-bond donors (Lipinski definition) is 0. The summed E-state index contributed by atoms with van der Waals surface area (Å²) in [5.41, 5.74) is 3.00. The van der Waals surface area contributed by atoms with Crippen LogP contribution in [0.1, 0.15) is 30.5 Å². The second kappa shape index (κ2) is 8.57. The minimum atomic E-state index is -0.315. The first-order chi connectivity index (χ1) is 14.5. The van der Waals surface area contributed by atoms with Gasteiger partial charge in [0.1, 0.15) is 17.4 Å². The second-order valence-electron chi connectivity index (χ2n) is 7.54. The third-order valence-electron chi connectivity index (χ3n) is 5.17. The van der Waals surface area contributed by atoms with Gasteiger partial charge in [0, 0.05) is 50.2 Å². The van der Waals surface area contributed by atoms with Crippen LogP contribution in [-0.2, 0) is 22.6 Å². The Bertz CT molecular complexity index is 1080. The van der Waals surface area contributed by atoms with E-state index in [9.17, 15) is 14.0 Å². The van der Waals surface area contributed by atoms with Crippen molar-refractivity contribution in [1.29, 1.82) is 0 Å². The monoisotopic (exact) mass is 406 g/mol. The number of pyridine rings is 1. The van der Waals surface area contributed by atoms with Crippen LogP contribution in [0.3, 0.4) is 0 Å². The van der Waals surface area contributed by atoms with Crippen LogP contribution in [0.2, 0.25) is 0 Å². The molecule has 0 radical (unpaired) electrons. The number of amides is 1. The number of halogens is 1. The Kier molecular flexibility index (Phi) is 5.70. The van der Waals surface area contributed by atoms with Gasteiger partial charge in [-0.2, -0.15) is 5.10 Å². The highest BCUT2D eigenvalue weighted by molar-refractivity contribution is 5.95. The number of Topliss-reactive ketones (excluding diaryl/α,β-unsaturated/α-hetero) is 1. The van der Waals surface area contributed by atoms with E-state index in [4.69, 9.17) is 0 Å². The van der Waals surface area contributed by atoms with Crippen molar-refractivity contribution in [2.75, 3.05) is 11.4 Å². The van der Waals surface area contributed by atoms with Crippen molar-refractivity contribution in [1.82, 2.24) is 14.8 Å². The number of hydrogen-bond acceptors (Lipinski definition) is 4. The third-order valence-corrected chi connectivity index (χ3v) is 5.17. The van der Waals surface area contributed by atoms with Gasteiger partial charge in [0.15, 0.2) is 0 Å². The minimum absolute atomic E-state index is 0.00893. The lowest BCUT2D eigenvalue weighted by molar-refractivity contribution is -0.123. The highest BCUT2D eigenvalue weighted by atomic mass is 19.1. The molecule has 1 aliphatic rings. The molecule has 0 atom stereocenters. The average molecular weight is 406 g/mol. The van der Waals surface area contributed by atoms with E-state index in [1.807, 2.05) is 23.7 Å². The van der Waals surface area contributed by atoms with Gasteiger partial charge in [0.2, 0.25) is 5.91 Å². The van der Waals surface area contributed by atoms with E-state index < -0.39 is 0 Å². The third kappa shape index (κ3) is 4.45. The summed E-state index contributed by atoms with van der Waals surface area (Å²) in [6.45, 7) is 3.37. The summed E-state index contributed by atoms with van der Waals surface area (Å²) >= 11 is 0. The van der Waals surface area contributed by atoms with Crippen LogP contribution in [0, 0.1) is 12.7 Å². The lowest BCUT2D eigenvalue weighted by Gasteiger charge is -2.27. The van der Waals surface area contributed by atoms with Gasteiger partial charge >= 0.3 is 0 Å². The second-order valence-corrected chi connectivity index (χ2v) is 7.54.